The van der Waals surface area contributed by atoms with Gasteiger partial charge < -0.3 is 4.90 Å². The SMILES string of the molecule is CC(C)N1CCC(c2cc(-c3ccc(Cl)cc3)n[nH]2)CC1. The number of nitrogens with zero attached hydrogens (tertiary/aromatic N) is 2. The second-order valence-electron chi connectivity index (χ2n) is 6.12. The Morgan fingerprint density at radius 1 is 1.19 bits per heavy atom. The Balaban J connectivity index is 1.70. The molecule has 3 rings (SSSR count). The lowest BCUT2D eigenvalue weighted by atomic mass is 9.92. The van der Waals surface area contributed by atoms with E-state index in [1.165, 1.54) is 31.6 Å². The quantitative estimate of drug-likeness (QED) is 0.916. The monoisotopic (exact) mass is 303 g/mol. The van der Waals surface area contributed by atoms with E-state index in [0.29, 0.717) is 12.0 Å². The van der Waals surface area contributed by atoms with Crippen molar-refractivity contribution in [2.24, 2.45) is 0 Å². The van der Waals surface area contributed by atoms with Gasteiger partial charge in [0.2, 0.25) is 0 Å². The molecular formula is C17H22ClN3. The van der Waals surface area contributed by atoms with Gasteiger partial charge in [-0.2, -0.15) is 5.10 Å². The van der Waals surface area contributed by atoms with Crippen LogP contribution in [0.3, 0.4) is 0 Å². The molecule has 2 aromatic rings. The number of aromatic nitrogens is 2. The van der Waals surface area contributed by atoms with E-state index in [-0.39, 0.29) is 0 Å². The van der Waals surface area contributed by atoms with Crippen LogP contribution >= 0.6 is 11.6 Å². The van der Waals surface area contributed by atoms with Gasteiger partial charge in [-0.25, -0.2) is 0 Å². The van der Waals surface area contributed by atoms with Crippen molar-refractivity contribution in [3.05, 3.63) is 41.0 Å². The summed E-state index contributed by atoms with van der Waals surface area (Å²) in [5.41, 5.74) is 3.39. The Morgan fingerprint density at radius 3 is 2.48 bits per heavy atom. The Labute approximate surface area is 131 Å². The topological polar surface area (TPSA) is 31.9 Å². The van der Waals surface area contributed by atoms with Crippen LogP contribution in [0.2, 0.25) is 5.02 Å². The highest BCUT2D eigenvalue weighted by atomic mass is 35.5. The molecule has 1 N–H and O–H groups in total. The fraction of sp³-hybridized carbons (Fsp3) is 0.471. The minimum atomic E-state index is 0.605. The summed E-state index contributed by atoms with van der Waals surface area (Å²) in [4.78, 5) is 2.55. The summed E-state index contributed by atoms with van der Waals surface area (Å²) in [6.07, 6.45) is 2.42. The molecule has 1 saturated heterocycles. The number of hydrogen-bond acceptors (Lipinski definition) is 2. The van der Waals surface area contributed by atoms with Gasteiger partial charge >= 0.3 is 0 Å². The first-order chi connectivity index (χ1) is 10.1. The van der Waals surface area contributed by atoms with Gasteiger partial charge in [-0.3, -0.25) is 5.10 Å². The molecular weight excluding hydrogens is 282 g/mol. The maximum atomic E-state index is 5.93. The molecule has 4 heteroatoms. The third-order valence-corrected chi connectivity index (χ3v) is 4.69. The average molecular weight is 304 g/mol. The summed E-state index contributed by atoms with van der Waals surface area (Å²) >= 11 is 5.93. The van der Waals surface area contributed by atoms with Crippen LogP contribution in [-0.2, 0) is 0 Å². The lowest BCUT2D eigenvalue weighted by molar-refractivity contribution is 0.171. The van der Waals surface area contributed by atoms with Crippen LogP contribution in [0.25, 0.3) is 11.3 Å². The highest BCUT2D eigenvalue weighted by molar-refractivity contribution is 6.30. The molecule has 0 spiro atoms. The van der Waals surface area contributed by atoms with Gasteiger partial charge in [-0.05, 0) is 58.0 Å². The van der Waals surface area contributed by atoms with Crippen molar-refractivity contribution in [1.82, 2.24) is 15.1 Å². The fourth-order valence-electron chi connectivity index (χ4n) is 3.04. The molecule has 0 unspecified atom stereocenters. The van der Waals surface area contributed by atoms with Crippen LogP contribution in [0, 0.1) is 0 Å². The fourth-order valence-corrected chi connectivity index (χ4v) is 3.17. The number of benzene rings is 1. The summed E-state index contributed by atoms with van der Waals surface area (Å²) < 4.78 is 0. The van der Waals surface area contributed by atoms with E-state index in [9.17, 15) is 0 Å². The normalized spacial score (nSPS) is 17.5. The number of likely N-dealkylation sites (tertiary alicyclic amines) is 1. The Morgan fingerprint density at radius 2 is 1.86 bits per heavy atom. The maximum Gasteiger partial charge on any atom is 0.0923 e. The van der Waals surface area contributed by atoms with Crippen LogP contribution in [-0.4, -0.2) is 34.2 Å². The van der Waals surface area contributed by atoms with E-state index in [2.05, 4.69) is 35.0 Å². The van der Waals surface area contributed by atoms with Crippen LogP contribution in [0.15, 0.2) is 30.3 Å². The summed E-state index contributed by atoms with van der Waals surface area (Å²) in [5, 5.41) is 8.45. The van der Waals surface area contributed by atoms with Crippen LogP contribution in [0.1, 0.15) is 38.3 Å². The number of H-pyrrole nitrogens is 1. The third-order valence-electron chi connectivity index (χ3n) is 4.44. The van der Waals surface area contributed by atoms with Crippen molar-refractivity contribution in [3.63, 3.8) is 0 Å². The van der Waals surface area contributed by atoms with E-state index >= 15 is 0 Å². The largest absolute Gasteiger partial charge is 0.301 e. The van der Waals surface area contributed by atoms with E-state index < -0.39 is 0 Å². The number of hydrogen-bond donors (Lipinski definition) is 1. The molecule has 1 fully saturated rings. The molecule has 1 aromatic carbocycles. The lowest BCUT2D eigenvalue weighted by Gasteiger charge is -2.34. The highest BCUT2D eigenvalue weighted by Gasteiger charge is 2.23. The molecule has 3 nitrogen and oxygen atoms in total. The number of piperidine rings is 1. The van der Waals surface area contributed by atoms with Gasteiger partial charge in [0.15, 0.2) is 0 Å². The first-order valence-corrected chi connectivity index (χ1v) is 8.06. The Kier molecular flexibility index (Phi) is 4.32. The number of nitrogens with one attached hydrogen (secondary N) is 1. The first kappa shape index (κ1) is 14.6. The van der Waals surface area contributed by atoms with E-state index in [0.717, 1.165) is 16.3 Å². The van der Waals surface area contributed by atoms with Gasteiger partial charge in [0.1, 0.15) is 0 Å². The zero-order valence-electron chi connectivity index (χ0n) is 12.6. The molecule has 1 aliphatic rings. The van der Waals surface area contributed by atoms with Gasteiger partial charge in [-0.15, -0.1) is 0 Å². The zero-order chi connectivity index (χ0) is 14.8. The summed E-state index contributed by atoms with van der Waals surface area (Å²) in [6, 6.07) is 10.7. The van der Waals surface area contributed by atoms with Crippen molar-refractivity contribution in [2.75, 3.05) is 13.1 Å². The predicted molar refractivity (Wildman–Crippen MR) is 87.7 cm³/mol. The van der Waals surface area contributed by atoms with Gasteiger partial charge in [0.25, 0.3) is 0 Å². The minimum Gasteiger partial charge on any atom is -0.301 e. The molecule has 21 heavy (non-hydrogen) atoms. The van der Waals surface area contributed by atoms with Crippen LogP contribution in [0.5, 0.6) is 0 Å². The zero-order valence-corrected chi connectivity index (χ0v) is 13.4. The lowest BCUT2D eigenvalue weighted by Crippen LogP contribution is -2.37. The maximum absolute atomic E-state index is 5.93. The number of halogens is 1. The average Bonchev–Trinajstić information content (AvgIpc) is 2.98. The minimum absolute atomic E-state index is 0.605. The van der Waals surface area contributed by atoms with Crippen molar-refractivity contribution >= 4 is 11.6 Å². The molecule has 0 aliphatic carbocycles. The number of aromatic amines is 1. The van der Waals surface area contributed by atoms with Gasteiger partial charge in [-0.1, -0.05) is 23.7 Å². The second-order valence-corrected chi connectivity index (χ2v) is 6.56. The van der Waals surface area contributed by atoms with E-state index in [1.54, 1.807) is 0 Å². The molecule has 2 heterocycles. The molecule has 1 aromatic heterocycles. The number of rotatable bonds is 3. The summed E-state index contributed by atoms with van der Waals surface area (Å²) in [7, 11) is 0. The molecule has 0 atom stereocenters. The van der Waals surface area contributed by atoms with E-state index in [1.807, 2.05) is 24.3 Å². The third kappa shape index (κ3) is 3.30. The van der Waals surface area contributed by atoms with Crippen molar-refractivity contribution in [2.45, 2.75) is 38.6 Å². The highest BCUT2D eigenvalue weighted by Crippen LogP contribution is 2.30. The predicted octanol–water partition coefficient (Wildman–Crippen LogP) is 4.32. The summed E-state index contributed by atoms with van der Waals surface area (Å²) in [5.74, 6) is 0.605. The van der Waals surface area contributed by atoms with Crippen molar-refractivity contribution in [3.8, 4) is 11.3 Å². The Hall–Kier alpha value is -1.32. The second kappa shape index (κ2) is 6.20. The van der Waals surface area contributed by atoms with Crippen LogP contribution in [0.4, 0.5) is 0 Å². The van der Waals surface area contributed by atoms with E-state index in [4.69, 9.17) is 11.6 Å². The molecule has 1 aliphatic heterocycles. The molecule has 0 saturated carbocycles. The van der Waals surface area contributed by atoms with Crippen molar-refractivity contribution < 1.29 is 0 Å². The van der Waals surface area contributed by atoms with Crippen LogP contribution < -0.4 is 0 Å². The van der Waals surface area contributed by atoms with Crippen molar-refractivity contribution in [1.29, 1.82) is 0 Å². The standard InChI is InChI=1S/C17H22ClN3/c1-12(2)21-9-7-14(8-10-21)17-11-16(19-20-17)13-3-5-15(18)6-4-13/h3-6,11-12,14H,7-10H2,1-2H3,(H,19,20). The molecule has 0 radical (unpaired) electrons. The van der Waals surface area contributed by atoms with Gasteiger partial charge in [0, 0.05) is 28.2 Å². The molecule has 0 bridgehead atoms. The smallest absolute Gasteiger partial charge is 0.0923 e. The molecule has 112 valence electrons. The first-order valence-electron chi connectivity index (χ1n) is 7.69. The summed E-state index contributed by atoms with van der Waals surface area (Å²) in [6.45, 7) is 6.90. The Bertz CT molecular complexity index is 580. The van der Waals surface area contributed by atoms with Gasteiger partial charge in [0.05, 0.1) is 5.69 Å². The molecule has 0 amide bonds.